The summed E-state index contributed by atoms with van der Waals surface area (Å²) < 4.78 is 4.10. The Bertz CT molecular complexity index is 306. The average molecular weight is 184 g/mol. The molecule has 1 saturated carbocycles. The van der Waals surface area contributed by atoms with E-state index in [1.807, 2.05) is 0 Å². The van der Waals surface area contributed by atoms with Gasteiger partial charge in [0.2, 0.25) is 0 Å². The lowest BCUT2D eigenvalue weighted by Gasteiger charge is -1.85. The molecular weight excluding hydrogens is 176 g/mol. The molecule has 5 heteroatoms. The van der Waals surface area contributed by atoms with E-state index in [9.17, 15) is 4.79 Å². The number of carboxylic acids is 1. The molecule has 0 atom stereocenters. The Morgan fingerprint density at radius 3 is 3.00 bits per heavy atom. The monoisotopic (exact) mass is 184 g/mol. The number of carboxylic acid groups (broad SMARTS) is 1. The van der Waals surface area contributed by atoms with Gasteiger partial charge in [0.1, 0.15) is 10.8 Å². The van der Waals surface area contributed by atoms with Gasteiger partial charge in [-0.1, -0.05) is 0 Å². The molecule has 1 N–H and O–H groups in total. The molecule has 1 aliphatic carbocycles. The largest absolute Gasteiger partial charge is 0.481 e. The van der Waals surface area contributed by atoms with E-state index in [2.05, 4.69) is 9.36 Å². The van der Waals surface area contributed by atoms with Crippen molar-refractivity contribution >= 4 is 17.5 Å². The van der Waals surface area contributed by atoms with Crippen LogP contribution in [0.4, 0.5) is 0 Å². The molecule has 0 saturated heterocycles. The van der Waals surface area contributed by atoms with Crippen LogP contribution in [0.1, 0.15) is 29.6 Å². The van der Waals surface area contributed by atoms with Gasteiger partial charge in [-0.2, -0.15) is 4.37 Å². The van der Waals surface area contributed by atoms with Crippen molar-refractivity contribution in [3.63, 3.8) is 0 Å². The van der Waals surface area contributed by atoms with Gasteiger partial charge in [0.05, 0.1) is 6.42 Å². The van der Waals surface area contributed by atoms with E-state index in [1.165, 1.54) is 11.5 Å². The Labute approximate surface area is 73.4 Å². The van der Waals surface area contributed by atoms with Crippen LogP contribution in [0.5, 0.6) is 0 Å². The minimum atomic E-state index is -0.839. The van der Waals surface area contributed by atoms with Gasteiger partial charge in [-0.25, -0.2) is 4.98 Å². The number of carbonyl (C=O) groups is 1. The highest BCUT2D eigenvalue weighted by atomic mass is 32.1. The topological polar surface area (TPSA) is 63.1 Å². The molecule has 4 nitrogen and oxygen atoms in total. The first-order chi connectivity index (χ1) is 5.75. The van der Waals surface area contributed by atoms with Gasteiger partial charge < -0.3 is 5.11 Å². The summed E-state index contributed by atoms with van der Waals surface area (Å²) in [6.07, 6.45) is 2.32. The smallest absolute Gasteiger partial charge is 0.310 e. The molecule has 0 radical (unpaired) electrons. The molecule has 0 unspecified atom stereocenters. The highest BCUT2D eigenvalue weighted by Crippen LogP contribution is 2.38. The van der Waals surface area contributed by atoms with Crippen molar-refractivity contribution in [2.24, 2.45) is 0 Å². The number of aliphatic carboxylic acids is 1. The molecule has 1 aliphatic rings. The number of aromatic nitrogens is 2. The molecule has 0 aromatic carbocycles. The molecule has 0 spiro atoms. The lowest BCUT2D eigenvalue weighted by Crippen LogP contribution is -1.99. The number of rotatable bonds is 3. The Morgan fingerprint density at radius 1 is 1.67 bits per heavy atom. The second-order valence-corrected chi connectivity index (χ2v) is 3.73. The van der Waals surface area contributed by atoms with Crippen LogP contribution in [0.25, 0.3) is 0 Å². The average Bonchev–Trinajstić information content (AvgIpc) is 2.73. The van der Waals surface area contributed by atoms with Crippen molar-refractivity contribution in [3.8, 4) is 0 Å². The van der Waals surface area contributed by atoms with Gasteiger partial charge in [0, 0.05) is 5.92 Å². The fourth-order valence-electron chi connectivity index (χ4n) is 0.977. The van der Waals surface area contributed by atoms with E-state index in [4.69, 9.17) is 5.11 Å². The lowest BCUT2D eigenvalue weighted by atomic mass is 10.4. The summed E-state index contributed by atoms with van der Waals surface area (Å²) in [5.41, 5.74) is 0. The van der Waals surface area contributed by atoms with Crippen LogP contribution < -0.4 is 0 Å². The first-order valence-corrected chi connectivity index (χ1v) is 4.57. The molecule has 0 aliphatic heterocycles. The van der Waals surface area contributed by atoms with Gasteiger partial charge in [0.15, 0.2) is 0 Å². The predicted octanol–water partition coefficient (Wildman–Crippen LogP) is 1.04. The first-order valence-electron chi connectivity index (χ1n) is 3.80. The van der Waals surface area contributed by atoms with Crippen molar-refractivity contribution in [2.75, 3.05) is 0 Å². The SMILES string of the molecule is O=C(O)Cc1nc(C2CC2)ns1. The van der Waals surface area contributed by atoms with E-state index < -0.39 is 5.97 Å². The zero-order valence-electron chi connectivity index (χ0n) is 6.36. The maximum Gasteiger partial charge on any atom is 0.310 e. The maximum atomic E-state index is 10.3. The Kier molecular flexibility index (Phi) is 1.80. The minimum Gasteiger partial charge on any atom is -0.481 e. The van der Waals surface area contributed by atoms with Crippen LogP contribution in [0, 0.1) is 0 Å². The standard InChI is InChI=1S/C7H8N2O2S/c10-6(11)3-5-8-7(9-12-5)4-1-2-4/h4H,1-3H2,(H,10,11). The quantitative estimate of drug-likeness (QED) is 0.762. The van der Waals surface area contributed by atoms with Gasteiger partial charge >= 0.3 is 5.97 Å². The summed E-state index contributed by atoms with van der Waals surface area (Å²) in [5.74, 6) is 0.522. The summed E-state index contributed by atoms with van der Waals surface area (Å²) >= 11 is 1.20. The van der Waals surface area contributed by atoms with Crippen LogP contribution in [0.3, 0.4) is 0 Å². The predicted molar refractivity (Wildman–Crippen MR) is 43.2 cm³/mol. The molecule has 1 fully saturated rings. The zero-order chi connectivity index (χ0) is 8.55. The van der Waals surface area contributed by atoms with Crippen molar-refractivity contribution in [1.82, 2.24) is 9.36 Å². The maximum absolute atomic E-state index is 10.3. The van der Waals surface area contributed by atoms with Crippen molar-refractivity contribution in [2.45, 2.75) is 25.2 Å². The third kappa shape index (κ3) is 1.61. The van der Waals surface area contributed by atoms with E-state index in [0.717, 1.165) is 18.7 Å². The molecule has 1 heterocycles. The Morgan fingerprint density at radius 2 is 2.42 bits per heavy atom. The number of nitrogens with zero attached hydrogens (tertiary/aromatic N) is 2. The van der Waals surface area contributed by atoms with Crippen LogP contribution in [-0.2, 0) is 11.2 Å². The molecule has 12 heavy (non-hydrogen) atoms. The van der Waals surface area contributed by atoms with E-state index in [-0.39, 0.29) is 6.42 Å². The molecule has 1 aromatic heterocycles. The zero-order valence-corrected chi connectivity index (χ0v) is 7.17. The van der Waals surface area contributed by atoms with Gasteiger partial charge in [-0.15, -0.1) is 0 Å². The van der Waals surface area contributed by atoms with Crippen LogP contribution in [0.2, 0.25) is 0 Å². The molecule has 2 rings (SSSR count). The van der Waals surface area contributed by atoms with Gasteiger partial charge in [-0.3, -0.25) is 4.79 Å². The van der Waals surface area contributed by atoms with Crippen molar-refractivity contribution in [1.29, 1.82) is 0 Å². The van der Waals surface area contributed by atoms with Crippen LogP contribution >= 0.6 is 11.5 Å². The molecular formula is C7H8N2O2S. The highest BCUT2D eigenvalue weighted by molar-refractivity contribution is 7.05. The van der Waals surface area contributed by atoms with E-state index in [1.54, 1.807) is 0 Å². The molecule has 0 bridgehead atoms. The molecule has 1 aromatic rings. The van der Waals surface area contributed by atoms with Crippen molar-refractivity contribution < 1.29 is 9.90 Å². The van der Waals surface area contributed by atoms with Crippen LogP contribution in [0.15, 0.2) is 0 Å². The highest BCUT2D eigenvalue weighted by Gasteiger charge is 2.27. The third-order valence-corrected chi connectivity index (χ3v) is 2.45. The summed E-state index contributed by atoms with van der Waals surface area (Å²) in [6.45, 7) is 0. The Balaban J connectivity index is 2.07. The molecule has 64 valence electrons. The summed E-state index contributed by atoms with van der Waals surface area (Å²) in [6, 6.07) is 0. The second-order valence-electron chi connectivity index (χ2n) is 2.89. The van der Waals surface area contributed by atoms with Crippen LogP contribution in [-0.4, -0.2) is 20.4 Å². The third-order valence-electron chi connectivity index (χ3n) is 1.73. The lowest BCUT2D eigenvalue weighted by molar-refractivity contribution is -0.136. The number of hydrogen-bond acceptors (Lipinski definition) is 4. The normalized spacial score (nSPS) is 16.3. The van der Waals surface area contributed by atoms with Gasteiger partial charge in [-0.05, 0) is 24.4 Å². The van der Waals surface area contributed by atoms with E-state index in [0.29, 0.717) is 10.9 Å². The summed E-state index contributed by atoms with van der Waals surface area (Å²) in [5, 5.41) is 9.08. The first kappa shape index (κ1) is 7.67. The van der Waals surface area contributed by atoms with Gasteiger partial charge in [0.25, 0.3) is 0 Å². The molecule has 0 amide bonds. The van der Waals surface area contributed by atoms with E-state index >= 15 is 0 Å². The Hall–Kier alpha value is -0.970. The minimum absolute atomic E-state index is 0.00435. The fraction of sp³-hybridized carbons (Fsp3) is 0.571. The summed E-state index contributed by atoms with van der Waals surface area (Å²) in [4.78, 5) is 14.4. The number of hydrogen-bond donors (Lipinski definition) is 1. The van der Waals surface area contributed by atoms with Crippen molar-refractivity contribution in [3.05, 3.63) is 10.8 Å². The second kappa shape index (κ2) is 2.82. The fourth-order valence-corrected chi connectivity index (χ4v) is 1.69. The summed E-state index contributed by atoms with van der Waals surface area (Å²) in [7, 11) is 0.